The molecule has 1 heterocycles. The molecule has 0 fully saturated rings. The average molecular weight is 232 g/mol. The highest BCUT2D eigenvalue weighted by atomic mass is 16.5. The van der Waals surface area contributed by atoms with Crippen molar-refractivity contribution in [3.63, 3.8) is 0 Å². The predicted octanol–water partition coefficient (Wildman–Crippen LogP) is 2.53. The van der Waals surface area contributed by atoms with E-state index in [4.69, 9.17) is 10.5 Å². The summed E-state index contributed by atoms with van der Waals surface area (Å²) in [4.78, 5) is 0. The first-order valence-corrected chi connectivity index (χ1v) is 6.12. The molecule has 2 rings (SSSR count). The number of hydrogen-bond donors (Lipinski definition) is 1. The van der Waals surface area contributed by atoms with E-state index < -0.39 is 0 Å². The van der Waals surface area contributed by atoms with Gasteiger partial charge in [-0.2, -0.15) is 0 Å². The van der Waals surface area contributed by atoms with Gasteiger partial charge < -0.3 is 15.0 Å². The number of fused-ring (bicyclic) bond motifs is 1. The largest absolute Gasteiger partial charge is 0.385 e. The Balaban J connectivity index is 2.11. The first-order chi connectivity index (χ1) is 8.35. The lowest BCUT2D eigenvalue weighted by molar-refractivity contribution is 0.191. The Kier molecular flexibility index (Phi) is 4.18. The molecule has 3 nitrogen and oxygen atoms in total. The minimum atomic E-state index is 0.602. The van der Waals surface area contributed by atoms with E-state index in [2.05, 4.69) is 35.0 Å². The lowest BCUT2D eigenvalue weighted by Crippen LogP contribution is -2.00. The number of nitrogens with zero attached hydrogens (tertiary/aromatic N) is 1. The van der Waals surface area contributed by atoms with E-state index in [0.29, 0.717) is 6.54 Å². The van der Waals surface area contributed by atoms with Gasteiger partial charge in [0, 0.05) is 38.5 Å². The normalized spacial score (nSPS) is 11.2. The van der Waals surface area contributed by atoms with Gasteiger partial charge in [0.2, 0.25) is 0 Å². The summed E-state index contributed by atoms with van der Waals surface area (Å²) in [6.07, 6.45) is 4.40. The van der Waals surface area contributed by atoms with E-state index in [0.717, 1.165) is 26.0 Å². The molecule has 17 heavy (non-hydrogen) atoms. The minimum Gasteiger partial charge on any atom is -0.385 e. The van der Waals surface area contributed by atoms with Crippen LogP contribution in [0.3, 0.4) is 0 Å². The van der Waals surface area contributed by atoms with Crippen LogP contribution >= 0.6 is 0 Å². The molecule has 0 bridgehead atoms. The molecule has 2 aromatic rings. The van der Waals surface area contributed by atoms with E-state index >= 15 is 0 Å². The van der Waals surface area contributed by atoms with Crippen molar-refractivity contribution in [2.45, 2.75) is 25.9 Å². The topological polar surface area (TPSA) is 40.2 Å². The Bertz CT molecular complexity index is 476. The first kappa shape index (κ1) is 12.1. The molecule has 0 aliphatic carbocycles. The molecular formula is C14H20N2O. The van der Waals surface area contributed by atoms with Crippen LogP contribution in [0.2, 0.25) is 0 Å². The highest BCUT2D eigenvalue weighted by molar-refractivity contribution is 5.80. The maximum Gasteiger partial charge on any atom is 0.0483 e. The maximum atomic E-state index is 5.67. The molecule has 1 aromatic carbocycles. The summed E-state index contributed by atoms with van der Waals surface area (Å²) in [6.45, 7) is 2.49. The predicted molar refractivity (Wildman–Crippen MR) is 70.9 cm³/mol. The highest BCUT2D eigenvalue weighted by Crippen LogP contribution is 2.18. The maximum absolute atomic E-state index is 5.67. The van der Waals surface area contributed by atoms with Gasteiger partial charge in [-0.3, -0.25) is 0 Å². The van der Waals surface area contributed by atoms with Gasteiger partial charge >= 0.3 is 0 Å². The summed E-state index contributed by atoms with van der Waals surface area (Å²) in [5.41, 5.74) is 8.15. The van der Waals surface area contributed by atoms with E-state index in [-0.39, 0.29) is 0 Å². The minimum absolute atomic E-state index is 0.602. The van der Waals surface area contributed by atoms with Crippen LogP contribution in [-0.4, -0.2) is 18.3 Å². The van der Waals surface area contributed by atoms with Crippen molar-refractivity contribution in [3.05, 3.63) is 36.0 Å². The second-order valence-corrected chi connectivity index (χ2v) is 4.31. The van der Waals surface area contributed by atoms with Crippen LogP contribution in [0.25, 0.3) is 10.9 Å². The zero-order chi connectivity index (χ0) is 12.1. The molecule has 0 saturated heterocycles. The van der Waals surface area contributed by atoms with Gasteiger partial charge in [0.15, 0.2) is 0 Å². The second-order valence-electron chi connectivity index (χ2n) is 4.31. The number of ether oxygens (including phenoxy) is 1. The summed E-state index contributed by atoms with van der Waals surface area (Å²) >= 11 is 0. The second kappa shape index (κ2) is 5.84. The van der Waals surface area contributed by atoms with Crippen LogP contribution in [0.15, 0.2) is 30.5 Å². The van der Waals surface area contributed by atoms with Crippen molar-refractivity contribution in [3.8, 4) is 0 Å². The van der Waals surface area contributed by atoms with E-state index in [9.17, 15) is 0 Å². The van der Waals surface area contributed by atoms with Crippen LogP contribution < -0.4 is 5.73 Å². The number of benzene rings is 1. The fourth-order valence-electron chi connectivity index (χ4n) is 2.08. The van der Waals surface area contributed by atoms with Gasteiger partial charge in [-0.25, -0.2) is 0 Å². The first-order valence-electron chi connectivity index (χ1n) is 6.12. The third-order valence-corrected chi connectivity index (χ3v) is 3.07. The number of rotatable bonds is 6. The van der Waals surface area contributed by atoms with Gasteiger partial charge in [0.1, 0.15) is 0 Å². The molecule has 1 aromatic heterocycles. The summed E-state index contributed by atoms with van der Waals surface area (Å²) in [5.74, 6) is 0. The molecule has 92 valence electrons. The molecular weight excluding hydrogens is 212 g/mol. The van der Waals surface area contributed by atoms with Crippen LogP contribution in [0.5, 0.6) is 0 Å². The fraction of sp³-hybridized carbons (Fsp3) is 0.429. The Morgan fingerprint density at radius 3 is 2.88 bits per heavy atom. The number of nitrogens with two attached hydrogens (primary N) is 1. The van der Waals surface area contributed by atoms with Gasteiger partial charge in [0.05, 0.1) is 0 Å². The number of aryl methyl sites for hydroxylation is 1. The Hall–Kier alpha value is -1.32. The highest BCUT2D eigenvalue weighted by Gasteiger charge is 2.01. The molecule has 0 radical (unpaired) electrons. The molecule has 2 N–H and O–H groups in total. The van der Waals surface area contributed by atoms with Crippen LogP contribution in [-0.2, 0) is 17.8 Å². The molecule has 0 aliphatic rings. The summed E-state index contributed by atoms with van der Waals surface area (Å²) < 4.78 is 7.36. The van der Waals surface area contributed by atoms with Crippen molar-refractivity contribution in [1.82, 2.24) is 4.57 Å². The third-order valence-electron chi connectivity index (χ3n) is 3.07. The van der Waals surface area contributed by atoms with Crippen molar-refractivity contribution in [2.24, 2.45) is 5.73 Å². The number of unbranched alkanes of at least 4 members (excludes halogenated alkanes) is 1. The van der Waals surface area contributed by atoms with Crippen molar-refractivity contribution in [2.75, 3.05) is 13.7 Å². The van der Waals surface area contributed by atoms with E-state index in [1.807, 2.05) is 0 Å². The lowest BCUT2D eigenvalue weighted by Gasteiger charge is -2.06. The molecule has 0 saturated carbocycles. The summed E-state index contributed by atoms with van der Waals surface area (Å²) in [6, 6.07) is 8.58. The Labute approximate surface area is 102 Å². The number of aromatic nitrogens is 1. The molecule has 0 atom stereocenters. The summed E-state index contributed by atoms with van der Waals surface area (Å²) in [5, 5.41) is 1.29. The SMILES string of the molecule is COCCCCn1ccc2ccc(CN)cc21. The molecule has 0 unspecified atom stereocenters. The molecule has 3 heteroatoms. The summed E-state index contributed by atoms with van der Waals surface area (Å²) in [7, 11) is 1.75. The van der Waals surface area contributed by atoms with Crippen LogP contribution in [0, 0.1) is 0 Å². The smallest absolute Gasteiger partial charge is 0.0483 e. The third kappa shape index (κ3) is 2.87. The monoisotopic (exact) mass is 232 g/mol. The Morgan fingerprint density at radius 2 is 2.12 bits per heavy atom. The van der Waals surface area contributed by atoms with Gasteiger partial charge in [-0.05, 0) is 35.9 Å². The van der Waals surface area contributed by atoms with E-state index in [1.54, 1.807) is 7.11 Å². The van der Waals surface area contributed by atoms with Gasteiger partial charge in [-0.1, -0.05) is 12.1 Å². The average Bonchev–Trinajstić information content (AvgIpc) is 2.77. The number of methoxy groups -OCH3 is 1. The van der Waals surface area contributed by atoms with E-state index in [1.165, 1.54) is 16.5 Å². The Morgan fingerprint density at radius 1 is 1.24 bits per heavy atom. The lowest BCUT2D eigenvalue weighted by atomic mass is 10.1. The van der Waals surface area contributed by atoms with Crippen LogP contribution in [0.4, 0.5) is 0 Å². The number of hydrogen-bond acceptors (Lipinski definition) is 2. The molecule has 0 aliphatic heterocycles. The fourth-order valence-corrected chi connectivity index (χ4v) is 2.08. The van der Waals surface area contributed by atoms with Gasteiger partial charge in [-0.15, -0.1) is 0 Å². The standard InChI is InChI=1S/C14H20N2O/c1-17-9-3-2-7-16-8-6-13-5-4-12(11-15)10-14(13)16/h4-6,8,10H,2-3,7,9,11,15H2,1H3. The van der Waals surface area contributed by atoms with Crippen molar-refractivity contribution in [1.29, 1.82) is 0 Å². The van der Waals surface area contributed by atoms with Crippen molar-refractivity contribution < 1.29 is 4.74 Å². The zero-order valence-corrected chi connectivity index (χ0v) is 10.4. The van der Waals surface area contributed by atoms with Crippen LogP contribution in [0.1, 0.15) is 18.4 Å². The quantitative estimate of drug-likeness (QED) is 0.777. The van der Waals surface area contributed by atoms with Gasteiger partial charge in [0.25, 0.3) is 0 Å². The molecule has 0 amide bonds. The van der Waals surface area contributed by atoms with Crippen molar-refractivity contribution >= 4 is 10.9 Å². The zero-order valence-electron chi connectivity index (χ0n) is 10.4. The molecule has 0 spiro atoms.